The number of unbranched alkanes of at least 4 members (excludes halogenated alkanes) is 1. The average molecular weight is 475 g/mol. The Balaban J connectivity index is 1.91. The number of anilines is 1. The van der Waals surface area contributed by atoms with Gasteiger partial charge in [0.2, 0.25) is 0 Å². The van der Waals surface area contributed by atoms with Crippen molar-refractivity contribution in [3.63, 3.8) is 0 Å². The summed E-state index contributed by atoms with van der Waals surface area (Å²) in [4.78, 5) is 35.7. The van der Waals surface area contributed by atoms with E-state index in [1.54, 1.807) is 42.5 Å². The highest BCUT2D eigenvalue weighted by molar-refractivity contribution is 6.35. The van der Waals surface area contributed by atoms with Crippen LogP contribution in [0.5, 0.6) is 11.5 Å². The Bertz CT molecular complexity index is 979. The molecule has 0 aliphatic rings. The maximum Gasteiger partial charge on any atom is 0.329 e. The van der Waals surface area contributed by atoms with Crippen LogP contribution >= 0.6 is 11.6 Å². The zero-order chi connectivity index (χ0) is 24.1. The number of benzene rings is 2. The third-order valence-electron chi connectivity index (χ3n) is 4.17. The Morgan fingerprint density at radius 2 is 1.79 bits per heavy atom. The summed E-state index contributed by atoms with van der Waals surface area (Å²) in [5.41, 5.74) is 3.17. The van der Waals surface area contributed by atoms with Crippen LogP contribution in [-0.4, -0.2) is 43.7 Å². The van der Waals surface area contributed by atoms with Crippen molar-refractivity contribution in [1.82, 2.24) is 10.7 Å². The molecule has 0 heterocycles. The van der Waals surface area contributed by atoms with Gasteiger partial charge in [-0.1, -0.05) is 24.9 Å². The molecule has 2 aromatic carbocycles. The van der Waals surface area contributed by atoms with E-state index in [2.05, 4.69) is 21.2 Å². The van der Waals surface area contributed by atoms with E-state index in [9.17, 15) is 14.4 Å². The van der Waals surface area contributed by atoms with E-state index in [1.807, 2.05) is 13.8 Å². The summed E-state index contributed by atoms with van der Waals surface area (Å²) >= 11 is 6.03. The minimum atomic E-state index is -0.887. The predicted molar refractivity (Wildman–Crippen MR) is 127 cm³/mol. The van der Waals surface area contributed by atoms with E-state index in [1.165, 1.54) is 6.21 Å². The van der Waals surface area contributed by atoms with Crippen LogP contribution in [0.15, 0.2) is 47.6 Å². The zero-order valence-corrected chi connectivity index (χ0v) is 19.3. The van der Waals surface area contributed by atoms with Gasteiger partial charge in [-0.15, -0.1) is 0 Å². The topological polar surface area (TPSA) is 118 Å². The van der Waals surface area contributed by atoms with E-state index in [0.29, 0.717) is 40.9 Å². The van der Waals surface area contributed by atoms with Crippen molar-refractivity contribution in [3.8, 4) is 11.5 Å². The van der Waals surface area contributed by atoms with Crippen LogP contribution in [0, 0.1) is 0 Å². The van der Waals surface area contributed by atoms with Crippen molar-refractivity contribution >= 4 is 41.2 Å². The van der Waals surface area contributed by atoms with Gasteiger partial charge in [-0.05, 0) is 55.8 Å². The lowest BCUT2D eigenvalue weighted by Crippen LogP contribution is -2.38. The molecule has 0 aliphatic carbocycles. The third-order valence-corrected chi connectivity index (χ3v) is 4.41. The molecule has 0 atom stereocenters. The quantitative estimate of drug-likeness (QED) is 0.200. The van der Waals surface area contributed by atoms with Crippen LogP contribution in [0.25, 0.3) is 0 Å². The largest absolute Gasteiger partial charge is 0.494 e. The summed E-state index contributed by atoms with van der Waals surface area (Å²) in [6, 6.07) is 11.7. The van der Waals surface area contributed by atoms with Crippen LogP contribution in [0.1, 0.15) is 32.3 Å². The third kappa shape index (κ3) is 9.20. The number of rotatable bonds is 11. The molecule has 0 aromatic heterocycles. The number of hydrogen-bond donors (Lipinski definition) is 3. The maximum atomic E-state index is 12.2. The normalized spacial score (nSPS) is 10.5. The number of nitrogens with zero attached hydrogens (tertiary/aromatic N) is 1. The number of halogens is 1. The minimum absolute atomic E-state index is 0.262. The molecule has 0 saturated carbocycles. The van der Waals surface area contributed by atoms with E-state index in [0.717, 1.165) is 12.8 Å². The molecule has 0 aliphatic heterocycles. The highest BCUT2D eigenvalue weighted by Crippen LogP contribution is 2.21. The SMILES string of the molecule is CCCCNC(=O)C(=O)N/N=C\c1cc(Cl)ccc1OCC(=O)Nc1ccc(OCC)cc1. The summed E-state index contributed by atoms with van der Waals surface area (Å²) in [5, 5.41) is 9.40. The van der Waals surface area contributed by atoms with E-state index < -0.39 is 11.8 Å². The lowest BCUT2D eigenvalue weighted by Gasteiger charge is -2.10. The molecule has 3 amide bonds. The second-order valence-corrected chi connectivity index (χ2v) is 7.22. The van der Waals surface area contributed by atoms with Crippen molar-refractivity contribution in [2.45, 2.75) is 26.7 Å². The fraction of sp³-hybridized carbons (Fsp3) is 0.304. The fourth-order valence-electron chi connectivity index (χ4n) is 2.56. The molecule has 10 heteroatoms. The number of hydrogen-bond acceptors (Lipinski definition) is 6. The van der Waals surface area contributed by atoms with Crippen LogP contribution < -0.4 is 25.5 Å². The van der Waals surface area contributed by atoms with Gasteiger partial charge >= 0.3 is 11.8 Å². The summed E-state index contributed by atoms with van der Waals surface area (Å²) < 4.78 is 10.9. The molecule has 0 saturated heterocycles. The van der Waals surface area contributed by atoms with Gasteiger partial charge in [0, 0.05) is 22.8 Å². The first-order valence-electron chi connectivity index (χ1n) is 10.5. The van der Waals surface area contributed by atoms with Crippen molar-refractivity contribution in [1.29, 1.82) is 0 Å². The van der Waals surface area contributed by atoms with Gasteiger partial charge in [0.25, 0.3) is 5.91 Å². The zero-order valence-electron chi connectivity index (χ0n) is 18.5. The number of carbonyl (C=O) groups excluding carboxylic acids is 3. The molecule has 2 rings (SSSR count). The van der Waals surface area contributed by atoms with Gasteiger partial charge in [0.1, 0.15) is 11.5 Å². The average Bonchev–Trinajstić information content (AvgIpc) is 2.80. The second-order valence-electron chi connectivity index (χ2n) is 6.78. The Morgan fingerprint density at radius 1 is 1.03 bits per heavy atom. The molecule has 33 heavy (non-hydrogen) atoms. The smallest absolute Gasteiger partial charge is 0.329 e. The Kier molecular flexibility index (Phi) is 10.7. The van der Waals surface area contributed by atoms with Crippen LogP contribution in [-0.2, 0) is 14.4 Å². The van der Waals surface area contributed by atoms with Gasteiger partial charge in [-0.25, -0.2) is 5.43 Å². The van der Waals surface area contributed by atoms with E-state index in [-0.39, 0.29) is 12.5 Å². The summed E-state index contributed by atoms with van der Waals surface area (Å²) in [5.74, 6) is -0.987. The number of nitrogens with one attached hydrogen (secondary N) is 3. The number of amides is 3. The predicted octanol–water partition coefficient (Wildman–Crippen LogP) is 3.12. The molecule has 176 valence electrons. The molecular weight excluding hydrogens is 448 g/mol. The minimum Gasteiger partial charge on any atom is -0.494 e. The highest BCUT2D eigenvalue weighted by atomic mass is 35.5. The number of ether oxygens (including phenoxy) is 2. The number of carbonyl (C=O) groups is 3. The monoisotopic (exact) mass is 474 g/mol. The first kappa shape index (κ1) is 25.7. The first-order valence-corrected chi connectivity index (χ1v) is 10.9. The van der Waals surface area contributed by atoms with Gasteiger partial charge in [-0.2, -0.15) is 5.10 Å². The van der Waals surface area contributed by atoms with E-state index >= 15 is 0 Å². The Hall–Kier alpha value is -3.59. The molecule has 2 aromatic rings. The molecule has 0 bridgehead atoms. The van der Waals surface area contributed by atoms with Crippen molar-refractivity contribution < 1.29 is 23.9 Å². The van der Waals surface area contributed by atoms with Gasteiger partial charge < -0.3 is 20.1 Å². The van der Waals surface area contributed by atoms with Gasteiger partial charge in [-0.3, -0.25) is 14.4 Å². The Labute approximate surface area is 197 Å². The summed E-state index contributed by atoms with van der Waals surface area (Å²) in [7, 11) is 0. The molecular formula is C23H27ClN4O5. The molecule has 0 unspecified atom stereocenters. The first-order chi connectivity index (χ1) is 15.9. The van der Waals surface area contributed by atoms with Crippen molar-refractivity contribution in [3.05, 3.63) is 53.1 Å². The summed E-state index contributed by atoms with van der Waals surface area (Å²) in [6.07, 6.45) is 2.95. The van der Waals surface area contributed by atoms with E-state index in [4.69, 9.17) is 21.1 Å². The molecule has 0 radical (unpaired) electrons. The lowest BCUT2D eigenvalue weighted by molar-refractivity contribution is -0.139. The molecule has 0 fully saturated rings. The van der Waals surface area contributed by atoms with Crippen molar-refractivity contribution in [2.75, 3.05) is 25.1 Å². The lowest BCUT2D eigenvalue weighted by atomic mass is 10.2. The van der Waals surface area contributed by atoms with Crippen molar-refractivity contribution in [2.24, 2.45) is 5.10 Å². The van der Waals surface area contributed by atoms with Gasteiger partial charge in [0.05, 0.1) is 12.8 Å². The van der Waals surface area contributed by atoms with Crippen LogP contribution in [0.3, 0.4) is 0 Å². The number of hydrazone groups is 1. The van der Waals surface area contributed by atoms with Crippen LogP contribution in [0.4, 0.5) is 5.69 Å². The molecule has 3 N–H and O–H groups in total. The Morgan fingerprint density at radius 3 is 2.48 bits per heavy atom. The molecule has 9 nitrogen and oxygen atoms in total. The highest BCUT2D eigenvalue weighted by Gasteiger charge is 2.12. The van der Waals surface area contributed by atoms with Crippen LogP contribution in [0.2, 0.25) is 5.02 Å². The maximum absolute atomic E-state index is 12.2. The summed E-state index contributed by atoms with van der Waals surface area (Å²) in [6.45, 7) is 4.58. The standard InChI is InChI=1S/C23H27ClN4O5/c1-3-5-12-25-22(30)23(31)28-26-14-16-13-17(24)6-11-20(16)33-15-21(29)27-18-7-9-19(10-8-18)32-4-2/h6-11,13-14H,3-5,12,15H2,1-2H3,(H,25,30)(H,27,29)(H,28,31)/b26-14-. The fourth-order valence-corrected chi connectivity index (χ4v) is 2.74. The second kappa shape index (κ2) is 13.7. The van der Waals surface area contributed by atoms with Gasteiger partial charge in [0.15, 0.2) is 6.61 Å². The molecule has 0 spiro atoms.